The first-order chi connectivity index (χ1) is 10.5. The standard InChI is InChI=1S/C15H18N4O2S/c1-3-21-11-6-4-10(5-7-11)14(20)9(2)22-15-18-12(16)8-13(17)19-15/h4-9H,3H2,1-2H3,(H4,16,17,18,19)/t9-/m1/s1. The van der Waals surface area contributed by atoms with Gasteiger partial charge in [-0.1, -0.05) is 11.8 Å². The second kappa shape index (κ2) is 7.13. The maximum atomic E-state index is 12.4. The zero-order valence-electron chi connectivity index (χ0n) is 12.4. The molecule has 6 nitrogen and oxygen atoms in total. The average molecular weight is 318 g/mol. The van der Waals surface area contributed by atoms with Gasteiger partial charge in [-0.3, -0.25) is 4.79 Å². The van der Waals surface area contributed by atoms with Crippen molar-refractivity contribution in [3.63, 3.8) is 0 Å². The Morgan fingerprint density at radius 3 is 2.36 bits per heavy atom. The molecule has 0 aliphatic rings. The maximum Gasteiger partial charge on any atom is 0.192 e. The first kappa shape index (κ1) is 16.1. The predicted octanol–water partition coefficient (Wildman–Crippen LogP) is 2.40. The highest BCUT2D eigenvalue weighted by molar-refractivity contribution is 8.00. The van der Waals surface area contributed by atoms with E-state index in [4.69, 9.17) is 16.2 Å². The van der Waals surface area contributed by atoms with Crippen LogP contribution in [-0.2, 0) is 0 Å². The van der Waals surface area contributed by atoms with Crippen LogP contribution < -0.4 is 16.2 Å². The van der Waals surface area contributed by atoms with Crippen molar-refractivity contribution in [2.75, 3.05) is 18.1 Å². The van der Waals surface area contributed by atoms with E-state index in [0.29, 0.717) is 17.3 Å². The van der Waals surface area contributed by atoms with E-state index >= 15 is 0 Å². The Hall–Kier alpha value is -2.28. The number of ether oxygens (including phenoxy) is 1. The molecule has 0 unspecified atom stereocenters. The van der Waals surface area contributed by atoms with Crippen LogP contribution in [0.3, 0.4) is 0 Å². The largest absolute Gasteiger partial charge is 0.494 e. The Morgan fingerprint density at radius 2 is 1.82 bits per heavy atom. The third kappa shape index (κ3) is 4.11. The third-order valence-corrected chi connectivity index (χ3v) is 3.81. The lowest BCUT2D eigenvalue weighted by molar-refractivity contribution is 0.0994. The minimum Gasteiger partial charge on any atom is -0.494 e. The highest BCUT2D eigenvalue weighted by Crippen LogP contribution is 2.25. The van der Waals surface area contributed by atoms with Crippen molar-refractivity contribution in [1.82, 2.24) is 9.97 Å². The van der Waals surface area contributed by atoms with Crippen LogP contribution >= 0.6 is 11.8 Å². The van der Waals surface area contributed by atoms with Gasteiger partial charge in [-0.15, -0.1) is 0 Å². The number of ketones is 1. The highest BCUT2D eigenvalue weighted by Gasteiger charge is 2.18. The number of benzene rings is 1. The van der Waals surface area contributed by atoms with Gasteiger partial charge >= 0.3 is 0 Å². The number of rotatable bonds is 6. The lowest BCUT2D eigenvalue weighted by atomic mass is 10.1. The molecule has 0 aliphatic heterocycles. The van der Waals surface area contributed by atoms with E-state index in [1.54, 1.807) is 31.2 Å². The van der Waals surface area contributed by atoms with Gasteiger partial charge in [0.1, 0.15) is 17.4 Å². The molecule has 2 aromatic rings. The number of nitrogen functional groups attached to an aromatic ring is 2. The van der Waals surface area contributed by atoms with Gasteiger partial charge in [0.15, 0.2) is 10.9 Å². The molecular weight excluding hydrogens is 300 g/mol. The monoisotopic (exact) mass is 318 g/mol. The molecule has 1 aromatic heterocycles. The van der Waals surface area contributed by atoms with E-state index in [1.165, 1.54) is 17.8 Å². The summed E-state index contributed by atoms with van der Waals surface area (Å²) < 4.78 is 5.36. The third-order valence-electron chi connectivity index (χ3n) is 2.85. The molecule has 0 amide bonds. The van der Waals surface area contributed by atoms with E-state index in [-0.39, 0.29) is 22.7 Å². The van der Waals surface area contributed by atoms with Gasteiger partial charge in [0.25, 0.3) is 0 Å². The molecule has 1 aromatic carbocycles. The van der Waals surface area contributed by atoms with Crippen LogP contribution in [0.1, 0.15) is 24.2 Å². The van der Waals surface area contributed by atoms with E-state index in [1.807, 2.05) is 6.92 Å². The van der Waals surface area contributed by atoms with Crippen LogP contribution in [0.5, 0.6) is 5.75 Å². The zero-order valence-corrected chi connectivity index (χ0v) is 13.3. The fraction of sp³-hybridized carbons (Fsp3) is 0.267. The molecule has 0 saturated carbocycles. The van der Waals surface area contributed by atoms with Gasteiger partial charge in [-0.25, -0.2) is 9.97 Å². The van der Waals surface area contributed by atoms with Crippen molar-refractivity contribution in [2.24, 2.45) is 0 Å². The number of hydrogen-bond acceptors (Lipinski definition) is 7. The molecule has 22 heavy (non-hydrogen) atoms. The molecule has 7 heteroatoms. The average Bonchev–Trinajstić information content (AvgIpc) is 2.46. The van der Waals surface area contributed by atoms with Gasteiger partial charge in [0, 0.05) is 11.6 Å². The fourth-order valence-electron chi connectivity index (χ4n) is 1.84. The minimum atomic E-state index is -0.348. The Kier molecular flexibility index (Phi) is 5.21. The van der Waals surface area contributed by atoms with Crippen LogP contribution in [0, 0.1) is 0 Å². The molecule has 4 N–H and O–H groups in total. The summed E-state index contributed by atoms with van der Waals surface area (Å²) in [5, 5.41) is 0.0448. The number of nitrogens with zero attached hydrogens (tertiary/aromatic N) is 2. The summed E-state index contributed by atoms with van der Waals surface area (Å²) in [5.74, 6) is 1.30. The van der Waals surface area contributed by atoms with Crippen molar-refractivity contribution >= 4 is 29.2 Å². The van der Waals surface area contributed by atoms with Gasteiger partial charge < -0.3 is 16.2 Å². The Bertz CT molecular complexity index is 641. The molecule has 0 spiro atoms. The normalized spacial score (nSPS) is 11.9. The molecule has 0 saturated heterocycles. The number of carbonyl (C=O) groups excluding carboxylic acids is 1. The lowest BCUT2D eigenvalue weighted by Gasteiger charge is -2.10. The minimum absolute atomic E-state index is 0.0161. The number of Topliss-reactive ketones (excluding diaryl/α,β-unsaturated/α-hetero) is 1. The molecule has 2 rings (SSSR count). The Morgan fingerprint density at radius 1 is 1.23 bits per heavy atom. The molecular formula is C15H18N4O2S. The molecule has 1 heterocycles. The second-order valence-corrected chi connectivity index (χ2v) is 5.89. The second-order valence-electron chi connectivity index (χ2n) is 4.58. The van der Waals surface area contributed by atoms with Crippen LogP contribution in [0.25, 0.3) is 0 Å². The number of thioether (sulfide) groups is 1. The molecule has 0 radical (unpaired) electrons. The lowest BCUT2D eigenvalue weighted by Crippen LogP contribution is -2.14. The van der Waals surface area contributed by atoms with Crippen molar-refractivity contribution in [3.8, 4) is 5.75 Å². The zero-order chi connectivity index (χ0) is 16.1. The summed E-state index contributed by atoms with van der Waals surface area (Å²) in [5.41, 5.74) is 11.9. The van der Waals surface area contributed by atoms with Crippen molar-refractivity contribution < 1.29 is 9.53 Å². The van der Waals surface area contributed by atoms with Crippen LogP contribution in [-0.4, -0.2) is 27.6 Å². The first-order valence-corrected chi connectivity index (χ1v) is 7.71. The SMILES string of the molecule is CCOc1ccc(C(=O)[C@@H](C)Sc2nc(N)cc(N)n2)cc1. The van der Waals surface area contributed by atoms with E-state index in [2.05, 4.69) is 9.97 Å². The number of aromatic nitrogens is 2. The Balaban J connectivity index is 2.08. The molecule has 116 valence electrons. The number of nitrogens with two attached hydrogens (primary N) is 2. The van der Waals surface area contributed by atoms with Crippen LogP contribution in [0.2, 0.25) is 0 Å². The quantitative estimate of drug-likeness (QED) is 0.479. The summed E-state index contributed by atoms with van der Waals surface area (Å²) in [7, 11) is 0. The topological polar surface area (TPSA) is 104 Å². The summed E-state index contributed by atoms with van der Waals surface area (Å²) in [6.45, 7) is 4.30. The van der Waals surface area contributed by atoms with Gasteiger partial charge in [0.05, 0.1) is 11.9 Å². The highest BCUT2D eigenvalue weighted by atomic mass is 32.2. The fourth-order valence-corrected chi connectivity index (χ4v) is 2.72. The van der Waals surface area contributed by atoms with Gasteiger partial charge in [-0.05, 0) is 38.1 Å². The maximum absolute atomic E-state index is 12.4. The number of anilines is 2. The molecule has 0 aliphatic carbocycles. The smallest absolute Gasteiger partial charge is 0.192 e. The van der Waals surface area contributed by atoms with Crippen molar-refractivity contribution in [2.45, 2.75) is 24.3 Å². The summed E-state index contributed by atoms with van der Waals surface area (Å²) in [4.78, 5) is 20.5. The Labute approximate surface area is 133 Å². The van der Waals surface area contributed by atoms with Crippen molar-refractivity contribution in [1.29, 1.82) is 0 Å². The molecule has 1 atom stereocenters. The van der Waals surface area contributed by atoms with Gasteiger partial charge in [-0.2, -0.15) is 0 Å². The predicted molar refractivity (Wildman–Crippen MR) is 88.1 cm³/mol. The van der Waals surface area contributed by atoms with E-state index in [0.717, 1.165) is 5.75 Å². The first-order valence-electron chi connectivity index (χ1n) is 6.83. The van der Waals surface area contributed by atoms with Crippen LogP contribution in [0.15, 0.2) is 35.5 Å². The summed E-state index contributed by atoms with van der Waals surface area (Å²) >= 11 is 1.23. The summed E-state index contributed by atoms with van der Waals surface area (Å²) in [6.07, 6.45) is 0. The number of hydrogen-bond donors (Lipinski definition) is 2. The summed E-state index contributed by atoms with van der Waals surface area (Å²) in [6, 6.07) is 8.53. The molecule has 0 fully saturated rings. The van der Waals surface area contributed by atoms with Crippen LogP contribution in [0.4, 0.5) is 11.6 Å². The van der Waals surface area contributed by atoms with E-state index in [9.17, 15) is 4.79 Å². The van der Waals surface area contributed by atoms with E-state index < -0.39 is 0 Å². The molecule has 0 bridgehead atoms. The number of carbonyl (C=O) groups is 1. The van der Waals surface area contributed by atoms with Crippen molar-refractivity contribution in [3.05, 3.63) is 35.9 Å². The van der Waals surface area contributed by atoms with Gasteiger partial charge in [0.2, 0.25) is 0 Å².